The van der Waals surface area contributed by atoms with Crippen LogP contribution in [-0.4, -0.2) is 29.2 Å². The van der Waals surface area contributed by atoms with Gasteiger partial charge in [-0.1, -0.05) is 13.0 Å². The van der Waals surface area contributed by atoms with Gasteiger partial charge in [0.25, 0.3) is 0 Å². The quantitative estimate of drug-likeness (QED) is 0.745. The fourth-order valence-corrected chi connectivity index (χ4v) is 2.30. The van der Waals surface area contributed by atoms with Crippen molar-refractivity contribution < 1.29 is 0 Å². The first-order valence-corrected chi connectivity index (χ1v) is 7.01. The summed E-state index contributed by atoms with van der Waals surface area (Å²) in [5.41, 5.74) is 9.15. The molecule has 2 aromatic rings. The number of aromatic nitrogens is 2. The van der Waals surface area contributed by atoms with Crippen LogP contribution in [0.25, 0.3) is 11.0 Å². The minimum absolute atomic E-state index is 0.656. The average Bonchev–Trinajstić information content (AvgIpc) is 2.76. The van der Waals surface area contributed by atoms with Crippen LogP contribution in [0.4, 0.5) is 0 Å². The molecule has 104 valence electrons. The first-order valence-electron chi connectivity index (χ1n) is 7.01. The summed E-state index contributed by atoms with van der Waals surface area (Å²) >= 11 is 0. The molecule has 1 heterocycles. The zero-order valence-electron chi connectivity index (χ0n) is 11.9. The zero-order chi connectivity index (χ0) is 13.7. The van der Waals surface area contributed by atoms with E-state index in [0.29, 0.717) is 5.92 Å². The van der Waals surface area contributed by atoms with E-state index in [1.807, 2.05) is 17.9 Å². The van der Waals surface area contributed by atoms with Gasteiger partial charge in [0.1, 0.15) is 0 Å². The highest BCUT2D eigenvalue weighted by Crippen LogP contribution is 2.14. The van der Waals surface area contributed by atoms with Crippen LogP contribution < -0.4 is 11.1 Å². The Kier molecular flexibility index (Phi) is 4.93. The van der Waals surface area contributed by atoms with Crippen molar-refractivity contribution in [3.8, 4) is 0 Å². The minimum Gasteiger partial charge on any atom is -0.334 e. The van der Waals surface area contributed by atoms with Gasteiger partial charge >= 0.3 is 0 Å². The Morgan fingerprint density at radius 1 is 1.42 bits per heavy atom. The molecule has 0 aliphatic carbocycles. The Balaban J connectivity index is 1.81. The molecular formula is C15H24N4. The maximum absolute atomic E-state index is 5.54. The summed E-state index contributed by atoms with van der Waals surface area (Å²) in [5.74, 6) is 0.656. The number of hydrogen-bond donors (Lipinski definition) is 2. The molecule has 0 radical (unpaired) electrons. The van der Waals surface area contributed by atoms with Crippen molar-refractivity contribution in [2.45, 2.75) is 19.8 Å². The van der Waals surface area contributed by atoms with E-state index in [-0.39, 0.29) is 0 Å². The highest BCUT2D eigenvalue weighted by atomic mass is 15.0. The predicted molar refractivity (Wildman–Crippen MR) is 80.1 cm³/mol. The average molecular weight is 260 g/mol. The largest absolute Gasteiger partial charge is 0.334 e. The molecule has 1 atom stereocenters. The summed E-state index contributed by atoms with van der Waals surface area (Å²) in [5, 5.41) is 3.49. The maximum Gasteiger partial charge on any atom is 0.0955 e. The molecular weight excluding hydrogens is 236 g/mol. The Morgan fingerprint density at radius 3 is 3.05 bits per heavy atom. The van der Waals surface area contributed by atoms with Crippen LogP contribution in [-0.2, 0) is 13.5 Å². The maximum atomic E-state index is 5.54. The molecule has 0 amide bonds. The fraction of sp³-hybridized carbons (Fsp3) is 0.533. The van der Waals surface area contributed by atoms with Crippen molar-refractivity contribution in [3.63, 3.8) is 0 Å². The van der Waals surface area contributed by atoms with Crippen LogP contribution in [0.15, 0.2) is 24.5 Å². The van der Waals surface area contributed by atoms with Gasteiger partial charge in [0, 0.05) is 7.05 Å². The summed E-state index contributed by atoms with van der Waals surface area (Å²) in [7, 11) is 2.02. The van der Waals surface area contributed by atoms with E-state index < -0.39 is 0 Å². The molecule has 0 spiro atoms. The van der Waals surface area contributed by atoms with Crippen LogP contribution >= 0.6 is 0 Å². The van der Waals surface area contributed by atoms with Gasteiger partial charge in [-0.3, -0.25) is 0 Å². The third-order valence-corrected chi connectivity index (χ3v) is 3.53. The van der Waals surface area contributed by atoms with Gasteiger partial charge in [0.05, 0.1) is 17.4 Å². The molecule has 0 bridgehead atoms. The van der Waals surface area contributed by atoms with E-state index in [0.717, 1.165) is 38.0 Å². The molecule has 0 aliphatic rings. The molecule has 0 aliphatic heterocycles. The lowest BCUT2D eigenvalue weighted by Crippen LogP contribution is -2.24. The van der Waals surface area contributed by atoms with Gasteiger partial charge in [-0.15, -0.1) is 0 Å². The molecule has 1 aromatic carbocycles. The zero-order valence-corrected chi connectivity index (χ0v) is 11.9. The lowest BCUT2D eigenvalue weighted by Gasteiger charge is -2.11. The lowest BCUT2D eigenvalue weighted by molar-refractivity contribution is 0.489. The van der Waals surface area contributed by atoms with E-state index in [4.69, 9.17) is 5.73 Å². The number of aryl methyl sites for hydroxylation is 1. The summed E-state index contributed by atoms with van der Waals surface area (Å²) in [4.78, 5) is 4.39. The third-order valence-electron chi connectivity index (χ3n) is 3.53. The first-order chi connectivity index (χ1) is 9.20. The molecule has 1 unspecified atom stereocenters. The van der Waals surface area contributed by atoms with E-state index in [1.165, 1.54) is 11.1 Å². The van der Waals surface area contributed by atoms with E-state index in [1.54, 1.807) is 0 Å². The second kappa shape index (κ2) is 6.68. The van der Waals surface area contributed by atoms with Gasteiger partial charge in [0.2, 0.25) is 0 Å². The smallest absolute Gasteiger partial charge is 0.0955 e. The number of benzene rings is 1. The number of rotatable bonds is 7. The topological polar surface area (TPSA) is 55.9 Å². The number of imidazole rings is 1. The van der Waals surface area contributed by atoms with Gasteiger partial charge in [-0.25, -0.2) is 4.98 Å². The number of nitrogens with two attached hydrogens (primary N) is 1. The van der Waals surface area contributed by atoms with Crippen molar-refractivity contribution in [1.82, 2.24) is 14.9 Å². The van der Waals surface area contributed by atoms with Crippen LogP contribution in [0.2, 0.25) is 0 Å². The predicted octanol–water partition coefficient (Wildman–Crippen LogP) is 1.69. The van der Waals surface area contributed by atoms with Crippen LogP contribution in [0.5, 0.6) is 0 Å². The van der Waals surface area contributed by atoms with Crippen molar-refractivity contribution in [2.24, 2.45) is 18.7 Å². The number of fused-ring (bicyclic) bond motifs is 1. The normalized spacial score (nSPS) is 13.0. The number of nitrogens with zero attached hydrogens (tertiary/aromatic N) is 2. The Morgan fingerprint density at radius 2 is 2.26 bits per heavy atom. The summed E-state index contributed by atoms with van der Waals surface area (Å²) < 4.78 is 2.05. The Bertz CT molecular complexity index is 518. The van der Waals surface area contributed by atoms with Crippen molar-refractivity contribution in [3.05, 3.63) is 30.1 Å². The van der Waals surface area contributed by atoms with Gasteiger partial charge < -0.3 is 15.6 Å². The molecule has 19 heavy (non-hydrogen) atoms. The number of nitrogens with one attached hydrogen (secondary N) is 1. The standard InChI is InChI=1S/C15H24N4/c1-12(5-7-16)10-17-8-6-13-3-4-15-14(9-13)18-11-19(15)2/h3-4,9,11-12,17H,5-8,10,16H2,1-2H3. The van der Waals surface area contributed by atoms with E-state index >= 15 is 0 Å². The molecule has 3 N–H and O–H groups in total. The lowest BCUT2D eigenvalue weighted by atomic mass is 10.1. The third kappa shape index (κ3) is 3.78. The fourth-order valence-electron chi connectivity index (χ4n) is 2.30. The summed E-state index contributed by atoms with van der Waals surface area (Å²) in [6.45, 7) is 5.06. The second-order valence-corrected chi connectivity index (χ2v) is 5.32. The van der Waals surface area contributed by atoms with Crippen molar-refractivity contribution >= 4 is 11.0 Å². The van der Waals surface area contributed by atoms with Crippen molar-refractivity contribution in [1.29, 1.82) is 0 Å². The van der Waals surface area contributed by atoms with Crippen LogP contribution in [0.3, 0.4) is 0 Å². The van der Waals surface area contributed by atoms with Gasteiger partial charge in [-0.05, 0) is 56.1 Å². The monoisotopic (exact) mass is 260 g/mol. The molecule has 4 heteroatoms. The molecule has 0 saturated heterocycles. The Hall–Kier alpha value is -1.39. The van der Waals surface area contributed by atoms with E-state index in [2.05, 4.69) is 35.4 Å². The molecule has 1 aromatic heterocycles. The Labute approximate surface area is 115 Å². The molecule has 4 nitrogen and oxygen atoms in total. The van der Waals surface area contributed by atoms with Crippen LogP contribution in [0.1, 0.15) is 18.9 Å². The summed E-state index contributed by atoms with van der Waals surface area (Å²) in [6.07, 6.45) is 4.00. The minimum atomic E-state index is 0.656. The van der Waals surface area contributed by atoms with Gasteiger partial charge in [0.15, 0.2) is 0 Å². The van der Waals surface area contributed by atoms with Crippen LogP contribution in [0, 0.1) is 5.92 Å². The van der Waals surface area contributed by atoms with Crippen molar-refractivity contribution in [2.75, 3.05) is 19.6 Å². The number of hydrogen-bond acceptors (Lipinski definition) is 3. The first kappa shape index (κ1) is 14.0. The molecule has 0 fully saturated rings. The van der Waals surface area contributed by atoms with E-state index in [9.17, 15) is 0 Å². The molecule has 2 rings (SSSR count). The second-order valence-electron chi connectivity index (χ2n) is 5.32. The SMILES string of the molecule is CC(CCN)CNCCc1ccc2c(c1)ncn2C. The summed E-state index contributed by atoms with van der Waals surface area (Å²) in [6, 6.07) is 6.52. The molecule has 0 saturated carbocycles. The highest BCUT2D eigenvalue weighted by molar-refractivity contribution is 5.75. The highest BCUT2D eigenvalue weighted by Gasteiger charge is 2.02. The van der Waals surface area contributed by atoms with Gasteiger partial charge in [-0.2, -0.15) is 0 Å².